The fourth-order valence-corrected chi connectivity index (χ4v) is 4.83. The van der Waals surface area contributed by atoms with Crippen LogP contribution in [0.25, 0.3) is 0 Å². The van der Waals surface area contributed by atoms with E-state index in [9.17, 15) is 9.90 Å². The van der Waals surface area contributed by atoms with Crippen LogP contribution in [0.1, 0.15) is 47.7 Å². The number of benzene rings is 1. The molecule has 1 aliphatic rings. The normalized spacial score (nSPS) is 15.7. The molecule has 0 bridgehead atoms. The Morgan fingerprint density at radius 2 is 1.87 bits per heavy atom. The fourth-order valence-electron chi connectivity index (χ4n) is 4.42. The Morgan fingerprint density at radius 3 is 2.52 bits per heavy atom. The molecule has 0 aliphatic carbocycles. The van der Waals surface area contributed by atoms with E-state index in [-0.39, 0.29) is 17.4 Å². The lowest BCUT2D eigenvalue weighted by molar-refractivity contribution is 0.183. The van der Waals surface area contributed by atoms with Crippen LogP contribution in [0, 0.1) is 6.92 Å². The molecular formula is C25H29N3O2S. The number of pyridine rings is 2. The van der Waals surface area contributed by atoms with Gasteiger partial charge in [-0.05, 0) is 74.5 Å². The molecule has 31 heavy (non-hydrogen) atoms. The number of piperidine rings is 1. The van der Waals surface area contributed by atoms with Crippen molar-refractivity contribution in [1.82, 2.24) is 14.5 Å². The van der Waals surface area contributed by atoms with Gasteiger partial charge in [-0.25, -0.2) is 0 Å². The second-order valence-corrected chi connectivity index (χ2v) is 8.99. The highest BCUT2D eigenvalue weighted by molar-refractivity contribution is 7.98. The van der Waals surface area contributed by atoms with Gasteiger partial charge in [0.25, 0.3) is 5.56 Å². The molecule has 0 radical (unpaired) electrons. The number of likely N-dealkylation sites (tertiary alicyclic amines) is 1. The quantitative estimate of drug-likeness (QED) is 0.574. The first-order valence-corrected chi connectivity index (χ1v) is 12.0. The third kappa shape index (κ3) is 4.70. The zero-order valence-electron chi connectivity index (χ0n) is 18.1. The molecule has 4 rings (SSSR count). The van der Waals surface area contributed by atoms with E-state index >= 15 is 0 Å². The maximum absolute atomic E-state index is 13.7. The molecular weight excluding hydrogens is 406 g/mol. The molecule has 5 nitrogen and oxygen atoms in total. The Kier molecular flexibility index (Phi) is 6.78. The van der Waals surface area contributed by atoms with Crippen molar-refractivity contribution >= 4 is 11.8 Å². The lowest BCUT2D eigenvalue weighted by atomic mass is 9.94. The van der Waals surface area contributed by atoms with Crippen LogP contribution >= 0.6 is 11.8 Å². The summed E-state index contributed by atoms with van der Waals surface area (Å²) in [6.45, 7) is 4.14. The van der Waals surface area contributed by atoms with Crippen molar-refractivity contribution in [3.8, 4) is 5.75 Å². The summed E-state index contributed by atoms with van der Waals surface area (Å²) in [6, 6.07) is 13.7. The van der Waals surface area contributed by atoms with Gasteiger partial charge in [0.2, 0.25) is 0 Å². The molecule has 2 aromatic heterocycles. The monoisotopic (exact) mass is 435 g/mol. The number of thioether (sulfide) groups is 1. The predicted octanol–water partition coefficient (Wildman–Crippen LogP) is 4.60. The van der Waals surface area contributed by atoms with Crippen LogP contribution in [0.3, 0.4) is 0 Å². The maximum atomic E-state index is 13.7. The summed E-state index contributed by atoms with van der Waals surface area (Å²) in [6.07, 6.45) is 8.99. The number of aryl methyl sites for hydroxylation is 1. The van der Waals surface area contributed by atoms with Gasteiger partial charge in [0.05, 0.1) is 18.2 Å². The smallest absolute Gasteiger partial charge is 0.259 e. The van der Waals surface area contributed by atoms with Crippen LogP contribution in [-0.2, 0) is 6.54 Å². The van der Waals surface area contributed by atoms with Crippen molar-refractivity contribution in [2.75, 3.05) is 19.3 Å². The first-order valence-electron chi connectivity index (χ1n) is 10.8. The number of aromatic hydroxyl groups is 1. The molecule has 0 amide bonds. The Hall–Kier alpha value is -2.57. The highest BCUT2D eigenvalue weighted by Gasteiger charge is 2.30. The van der Waals surface area contributed by atoms with E-state index in [0.29, 0.717) is 12.1 Å². The van der Waals surface area contributed by atoms with Gasteiger partial charge in [-0.1, -0.05) is 24.6 Å². The van der Waals surface area contributed by atoms with E-state index < -0.39 is 0 Å². The van der Waals surface area contributed by atoms with E-state index in [1.807, 2.05) is 19.1 Å². The van der Waals surface area contributed by atoms with Crippen LogP contribution < -0.4 is 5.56 Å². The van der Waals surface area contributed by atoms with Crippen molar-refractivity contribution in [2.24, 2.45) is 0 Å². The van der Waals surface area contributed by atoms with Crippen LogP contribution in [0.15, 0.2) is 64.5 Å². The third-order valence-corrected chi connectivity index (χ3v) is 6.79. The van der Waals surface area contributed by atoms with Crippen molar-refractivity contribution < 1.29 is 5.11 Å². The van der Waals surface area contributed by atoms with E-state index in [4.69, 9.17) is 0 Å². The van der Waals surface area contributed by atoms with Crippen LogP contribution in [0.2, 0.25) is 0 Å². The first-order chi connectivity index (χ1) is 15.1. The summed E-state index contributed by atoms with van der Waals surface area (Å²) < 4.78 is 1.75. The molecule has 1 aromatic carbocycles. The molecule has 0 unspecified atom stereocenters. The van der Waals surface area contributed by atoms with Gasteiger partial charge in [0.1, 0.15) is 5.75 Å². The lowest BCUT2D eigenvalue weighted by Crippen LogP contribution is -2.38. The molecule has 0 saturated carbocycles. The topological polar surface area (TPSA) is 58.4 Å². The van der Waals surface area contributed by atoms with Crippen molar-refractivity contribution in [2.45, 2.75) is 43.7 Å². The predicted molar refractivity (Wildman–Crippen MR) is 126 cm³/mol. The Morgan fingerprint density at radius 1 is 1.13 bits per heavy atom. The zero-order chi connectivity index (χ0) is 21.8. The highest BCUT2D eigenvalue weighted by Crippen LogP contribution is 2.35. The minimum absolute atomic E-state index is 0.0782. The molecule has 1 N–H and O–H groups in total. The summed E-state index contributed by atoms with van der Waals surface area (Å²) in [5.74, 6) is 0.0782. The third-order valence-electron chi connectivity index (χ3n) is 6.05. The molecule has 3 aromatic rings. The molecule has 162 valence electrons. The number of aromatic nitrogens is 2. The van der Waals surface area contributed by atoms with Crippen molar-refractivity contribution in [3.05, 3.63) is 87.6 Å². The van der Waals surface area contributed by atoms with E-state index in [1.165, 1.54) is 11.3 Å². The van der Waals surface area contributed by atoms with Crippen LogP contribution in [0.5, 0.6) is 5.75 Å². The minimum Gasteiger partial charge on any atom is -0.507 e. The SMILES string of the molecule is CSc1ccc([C@@H](c2c(O)cc(C)n(Cc3cccnc3)c2=O)N2CCCCC2)cc1. The van der Waals surface area contributed by atoms with Crippen LogP contribution in [-0.4, -0.2) is 38.9 Å². The van der Waals surface area contributed by atoms with E-state index in [1.54, 1.807) is 34.8 Å². The summed E-state index contributed by atoms with van der Waals surface area (Å²) in [5.41, 5.74) is 3.08. The van der Waals surface area contributed by atoms with Gasteiger partial charge >= 0.3 is 0 Å². The number of nitrogens with zero attached hydrogens (tertiary/aromatic N) is 3. The van der Waals surface area contributed by atoms with Crippen molar-refractivity contribution in [1.29, 1.82) is 0 Å². The van der Waals surface area contributed by atoms with Gasteiger partial charge in [-0.3, -0.25) is 14.7 Å². The number of hydrogen-bond donors (Lipinski definition) is 1. The average Bonchev–Trinajstić information content (AvgIpc) is 2.81. The molecule has 1 saturated heterocycles. The average molecular weight is 436 g/mol. The lowest BCUT2D eigenvalue weighted by Gasteiger charge is -2.35. The maximum Gasteiger partial charge on any atom is 0.259 e. The van der Waals surface area contributed by atoms with Gasteiger partial charge in [-0.15, -0.1) is 11.8 Å². The largest absolute Gasteiger partial charge is 0.507 e. The molecule has 6 heteroatoms. The van der Waals surface area contributed by atoms with Gasteiger partial charge in [0, 0.05) is 23.0 Å². The fraction of sp³-hybridized carbons (Fsp3) is 0.360. The highest BCUT2D eigenvalue weighted by atomic mass is 32.2. The summed E-state index contributed by atoms with van der Waals surface area (Å²) >= 11 is 1.70. The Balaban J connectivity index is 1.83. The van der Waals surface area contributed by atoms with E-state index in [2.05, 4.69) is 40.4 Å². The second-order valence-electron chi connectivity index (χ2n) is 8.11. The summed E-state index contributed by atoms with van der Waals surface area (Å²) in [7, 11) is 0. The summed E-state index contributed by atoms with van der Waals surface area (Å²) in [4.78, 5) is 21.5. The van der Waals surface area contributed by atoms with Gasteiger partial charge in [0.15, 0.2) is 0 Å². The number of hydrogen-bond acceptors (Lipinski definition) is 5. The Labute approximate surface area is 187 Å². The molecule has 3 heterocycles. The zero-order valence-corrected chi connectivity index (χ0v) is 18.9. The minimum atomic E-state index is -0.260. The van der Waals surface area contributed by atoms with Gasteiger partial charge < -0.3 is 9.67 Å². The summed E-state index contributed by atoms with van der Waals surface area (Å²) in [5, 5.41) is 11.0. The molecule has 0 spiro atoms. The Bertz CT molecular complexity index is 1070. The van der Waals surface area contributed by atoms with E-state index in [0.717, 1.165) is 42.8 Å². The molecule has 1 atom stereocenters. The first kappa shape index (κ1) is 21.7. The van der Waals surface area contributed by atoms with Gasteiger partial charge in [-0.2, -0.15) is 0 Å². The standard InChI is InChI=1S/C25H29N3O2S/c1-18-15-22(29)23(25(30)28(18)17-19-7-6-12-26-16-19)24(27-13-4-3-5-14-27)20-8-10-21(31-2)11-9-20/h6-12,15-16,24,29H,3-5,13-14,17H2,1-2H3/t24-/m0/s1. The molecule has 1 fully saturated rings. The van der Waals surface area contributed by atoms with Crippen LogP contribution in [0.4, 0.5) is 0 Å². The second kappa shape index (κ2) is 9.71. The number of rotatable bonds is 6. The molecule has 1 aliphatic heterocycles. The van der Waals surface area contributed by atoms with Crippen molar-refractivity contribution in [3.63, 3.8) is 0 Å².